The molecule has 0 saturated carbocycles. The van der Waals surface area contributed by atoms with Gasteiger partial charge in [-0.05, 0) is 44.2 Å². The topological polar surface area (TPSA) is 61.4 Å². The van der Waals surface area contributed by atoms with E-state index < -0.39 is 0 Å². The Kier molecular flexibility index (Phi) is 5.13. The number of nitrogens with zero attached hydrogens (tertiary/aromatic N) is 1. The van der Waals surface area contributed by atoms with Crippen molar-refractivity contribution in [1.82, 2.24) is 15.5 Å². The zero-order chi connectivity index (χ0) is 18.1. The first kappa shape index (κ1) is 17.9. The second kappa shape index (κ2) is 7.16. The Bertz CT molecular complexity index is 656. The quantitative estimate of drug-likeness (QED) is 0.881. The van der Waals surface area contributed by atoms with Crippen LogP contribution in [-0.2, 0) is 16.0 Å². The van der Waals surface area contributed by atoms with Crippen molar-refractivity contribution in [3.8, 4) is 0 Å². The average molecular weight is 343 g/mol. The van der Waals surface area contributed by atoms with Crippen LogP contribution in [0.3, 0.4) is 0 Å². The van der Waals surface area contributed by atoms with Crippen LogP contribution in [0.4, 0.5) is 0 Å². The van der Waals surface area contributed by atoms with Gasteiger partial charge in [0.1, 0.15) is 6.04 Å². The van der Waals surface area contributed by atoms with Gasteiger partial charge in [0.05, 0.1) is 12.1 Å². The third-order valence-corrected chi connectivity index (χ3v) is 5.04. The molecule has 25 heavy (non-hydrogen) atoms. The summed E-state index contributed by atoms with van der Waals surface area (Å²) in [5, 5.41) is 6.39. The second-order valence-corrected chi connectivity index (χ2v) is 7.79. The molecular weight excluding hydrogens is 314 g/mol. The lowest BCUT2D eigenvalue weighted by molar-refractivity contribution is -0.142. The van der Waals surface area contributed by atoms with Crippen LogP contribution in [0, 0.1) is 0 Å². The Labute approximate surface area is 150 Å². The van der Waals surface area contributed by atoms with Crippen molar-refractivity contribution in [2.45, 2.75) is 77.2 Å². The smallest absolute Gasteiger partial charge is 0.243 e. The lowest BCUT2D eigenvalue weighted by Gasteiger charge is -2.32. The molecule has 2 aliphatic heterocycles. The molecule has 2 N–H and O–H groups in total. The summed E-state index contributed by atoms with van der Waals surface area (Å²) in [5.41, 5.74) is 2.41. The maximum atomic E-state index is 13.3. The molecule has 3 rings (SSSR count). The third-order valence-electron chi connectivity index (χ3n) is 5.04. The Balaban J connectivity index is 1.97. The van der Waals surface area contributed by atoms with Gasteiger partial charge in [-0.3, -0.25) is 9.59 Å². The minimum atomic E-state index is -0.373. The molecule has 1 aromatic carbocycles. The number of nitrogens with one attached hydrogen (secondary N) is 2. The largest absolute Gasteiger partial charge is 0.352 e. The number of hydrogen-bond donors (Lipinski definition) is 2. The molecule has 1 fully saturated rings. The van der Waals surface area contributed by atoms with Gasteiger partial charge in [-0.2, -0.15) is 0 Å². The Morgan fingerprint density at radius 1 is 1.12 bits per heavy atom. The van der Waals surface area contributed by atoms with Gasteiger partial charge in [0, 0.05) is 12.1 Å². The Morgan fingerprint density at radius 3 is 2.52 bits per heavy atom. The number of rotatable bonds is 4. The molecule has 1 saturated heterocycles. The highest BCUT2D eigenvalue weighted by molar-refractivity contribution is 5.91. The molecule has 0 spiro atoms. The minimum Gasteiger partial charge on any atom is -0.352 e. The summed E-state index contributed by atoms with van der Waals surface area (Å²) in [7, 11) is 0. The zero-order valence-corrected chi connectivity index (χ0v) is 15.6. The summed E-state index contributed by atoms with van der Waals surface area (Å²) < 4.78 is 0. The lowest BCUT2D eigenvalue weighted by Crippen LogP contribution is -2.54. The fourth-order valence-electron chi connectivity index (χ4n) is 4.13. The lowest BCUT2D eigenvalue weighted by atomic mass is 9.96. The van der Waals surface area contributed by atoms with Gasteiger partial charge in [-0.15, -0.1) is 0 Å². The van der Waals surface area contributed by atoms with E-state index in [1.807, 2.05) is 30.9 Å². The van der Waals surface area contributed by atoms with Crippen molar-refractivity contribution in [3.63, 3.8) is 0 Å². The van der Waals surface area contributed by atoms with Gasteiger partial charge >= 0.3 is 0 Å². The molecule has 0 unspecified atom stereocenters. The monoisotopic (exact) mass is 343 g/mol. The van der Waals surface area contributed by atoms with Crippen LogP contribution in [0.15, 0.2) is 24.3 Å². The molecule has 2 amide bonds. The van der Waals surface area contributed by atoms with Crippen molar-refractivity contribution in [1.29, 1.82) is 0 Å². The summed E-state index contributed by atoms with van der Waals surface area (Å²) in [4.78, 5) is 27.8. The normalized spacial score (nSPS) is 25.8. The van der Waals surface area contributed by atoms with Crippen molar-refractivity contribution in [2.24, 2.45) is 0 Å². The highest BCUT2D eigenvalue weighted by Crippen LogP contribution is 2.40. The van der Waals surface area contributed by atoms with E-state index in [9.17, 15) is 9.59 Å². The molecule has 5 heteroatoms. The maximum absolute atomic E-state index is 13.3. The molecule has 0 radical (unpaired) electrons. The van der Waals surface area contributed by atoms with E-state index >= 15 is 0 Å². The summed E-state index contributed by atoms with van der Waals surface area (Å²) in [5.74, 6) is 0.0184. The molecule has 0 aromatic heterocycles. The molecular formula is C20H29N3O2. The highest BCUT2D eigenvalue weighted by atomic mass is 16.2. The molecule has 3 atom stereocenters. The Morgan fingerprint density at radius 2 is 1.84 bits per heavy atom. The highest BCUT2D eigenvalue weighted by Gasteiger charge is 2.46. The van der Waals surface area contributed by atoms with Gasteiger partial charge in [0.25, 0.3) is 0 Å². The minimum absolute atomic E-state index is 0.00516. The number of fused-ring (bicyclic) bond motifs is 3. The van der Waals surface area contributed by atoms with Crippen molar-refractivity contribution in [3.05, 3.63) is 35.4 Å². The standard InChI is InChI=1S/C20H29N3O2/c1-12(2)21-16-11-14-7-5-6-8-15(14)17-9-10-18(23(17)20(16)25)19(24)22-13(3)4/h5-8,12-13,16-18,21H,9-11H2,1-4H3,(H,22,24)/t16-,17+,18-/m0/s1. The maximum Gasteiger partial charge on any atom is 0.243 e. The molecule has 2 heterocycles. The van der Waals surface area contributed by atoms with E-state index in [1.54, 1.807) is 0 Å². The molecule has 0 bridgehead atoms. The van der Waals surface area contributed by atoms with Crippen molar-refractivity contribution < 1.29 is 9.59 Å². The van der Waals surface area contributed by atoms with Crippen LogP contribution >= 0.6 is 0 Å². The van der Waals surface area contributed by atoms with Crippen LogP contribution in [0.2, 0.25) is 0 Å². The SMILES string of the molecule is CC(C)NC(=O)[C@@H]1CC[C@@H]2c3ccccc3C[C@H](NC(C)C)C(=O)N21. The third kappa shape index (κ3) is 3.56. The van der Waals surface area contributed by atoms with E-state index in [2.05, 4.69) is 36.6 Å². The zero-order valence-electron chi connectivity index (χ0n) is 15.6. The predicted molar refractivity (Wildman–Crippen MR) is 98.1 cm³/mol. The second-order valence-electron chi connectivity index (χ2n) is 7.79. The fourth-order valence-corrected chi connectivity index (χ4v) is 4.13. The van der Waals surface area contributed by atoms with E-state index in [0.717, 1.165) is 12.8 Å². The first-order valence-electron chi connectivity index (χ1n) is 9.35. The van der Waals surface area contributed by atoms with Gasteiger partial charge in [0.15, 0.2) is 0 Å². The summed E-state index contributed by atoms with van der Waals surface area (Å²) in [6.07, 6.45) is 2.24. The van der Waals surface area contributed by atoms with Crippen molar-refractivity contribution in [2.75, 3.05) is 0 Å². The molecule has 136 valence electrons. The average Bonchev–Trinajstić information content (AvgIpc) is 2.93. The van der Waals surface area contributed by atoms with E-state index in [4.69, 9.17) is 0 Å². The summed E-state index contributed by atoms with van der Waals surface area (Å²) in [6.45, 7) is 8.00. The predicted octanol–water partition coefficient (Wildman–Crippen LogP) is 2.17. The molecule has 1 aromatic rings. The number of carbonyl (C=O) groups is 2. The van der Waals surface area contributed by atoms with E-state index in [1.165, 1.54) is 11.1 Å². The van der Waals surface area contributed by atoms with Gasteiger partial charge in [0.2, 0.25) is 11.8 Å². The molecule has 5 nitrogen and oxygen atoms in total. The first-order chi connectivity index (χ1) is 11.9. The number of carbonyl (C=O) groups excluding carboxylic acids is 2. The molecule has 0 aliphatic carbocycles. The summed E-state index contributed by atoms with van der Waals surface area (Å²) in [6, 6.07) is 7.92. The molecule has 2 aliphatic rings. The van der Waals surface area contributed by atoms with E-state index in [-0.39, 0.29) is 42.0 Å². The van der Waals surface area contributed by atoms with Gasteiger partial charge in [-0.1, -0.05) is 38.1 Å². The van der Waals surface area contributed by atoms with Crippen LogP contribution in [0.5, 0.6) is 0 Å². The number of amides is 2. The first-order valence-corrected chi connectivity index (χ1v) is 9.35. The number of hydrogen-bond acceptors (Lipinski definition) is 3. The van der Waals surface area contributed by atoms with Crippen LogP contribution < -0.4 is 10.6 Å². The van der Waals surface area contributed by atoms with Crippen molar-refractivity contribution >= 4 is 11.8 Å². The van der Waals surface area contributed by atoms with Gasteiger partial charge in [-0.25, -0.2) is 0 Å². The number of benzene rings is 1. The summed E-state index contributed by atoms with van der Waals surface area (Å²) >= 11 is 0. The van der Waals surface area contributed by atoms with Crippen LogP contribution in [-0.4, -0.2) is 40.9 Å². The fraction of sp³-hybridized carbons (Fsp3) is 0.600. The van der Waals surface area contributed by atoms with E-state index in [0.29, 0.717) is 6.42 Å². The van der Waals surface area contributed by atoms with Gasteiger partial charge < -0.3 is 15.5 Å². The Hall–Kier alpha value is -1.88. The van der Waals surface area contributed by atoms with Crippen LogP contribution in [0.25, 0.3) is 0 Å². The van der Waals surface area contributed by atoms with Crippen LogP contribution in [0.1, 0.15) is 57.7 Å².